The number of rotatable bonds is 2. The average molecular weight is 324 g/mol. The molecule has 0 saturated carbocycles. The van der Waals surface area contributed by atoms with Crippen molar-refractivity contribution in [1.29, 1.82) is 0 Å². The first-order chi connectivity index (χ1) is 9.41. The first kappa shape index (κ1) is 14.3. The van der Waals surface area contributed by atoms with Gasteiger partial charge in [-0.15, -0.1) is 34.4 Å². The number of hydrogen-bond donors (Lipinski definition) is 0. The maximum absolute atomic E-state index is 12.5. The van der Waals surface area contributed by atoms with Gasteiger partial charge in [0.05, 0.1) is 9.09 Å². The van der Waals surface area contributed by atoms with Crippen LogP contribution in [0.25, 0.3) is 9.88 Å². The summed E-state index contributed by atoms with van der Waals surface area (Å²) in [6, 6.07) is 0. The fourth-order valence-corrected chi connectivity index (χ4v) is 5.74. The van der Waals surface area contributed by atoms with Crippen LogP contribution in [-0.2, 0) is 6.42 Å². The highest BCUT2D eigenvalue weighted by atomic mass is 32.2. The van der Waals surface area contributed by atoms with Crippen molar-refractivity contribution in [2.24, 2.45) is 5.41 Å². The molecule has 0 aromatic carbocycles. The van der Waals surface area contributed by atoms with Crippen molar-refractivity contribution >= 4 is 40.2 Å². The van der Waals surface area contributed by atoms with Crippen LogP contribution in [0.5, 0.6) is 0 Å². The number of carbonyl (C=O) groups is 1. The third-order valence-corrected chi connectivity index (χ3v) is 7.01. The van der Waals surface area contributed by atoms with Crippen LogP contribution in [0.3, 0.4) is 0 Å². The standard InChI is InChI=1S/C15H17NOS3/c1-8-7-19-13(16-8)12-9-5-15(2,3)6-10(17)11(9)14(18-4)20-12/h7H,5-6H2,1-4H3. The first-order valence-electron chi connectivity index (χ1n) is 6.56. The zero-order valence-electron chi connectivity index (χ0n) is 12.1. The van der Waals surface area contributed by atoms with E-state index in [-0.39, 0.29) is 5.41 Å². The minimum absolute atomic E-state index is 0.0574. The Bertz CT molecular complexity index is 681. The zero-order valence-corrected chi connectivity index (χ0v) is 14.5. The van der Waals surface area contributed by atoms with Crippen LogP contribution in [0.4, 0.5) is 0 Å². The lowest BCUT2D eigenvalue weighted by molar-refractivity contribution is 0.0910. The van der Waals surface area contributed by atoms with Gasteiger partial charge in [-0.25, -0.2) is 4.98 Å². The molecule has 3 rings (SSSR count). The molecule has 2 aromatic heterocycles. The number of carbonyl (C=O) groups excluding carboxylic acids is 1. The van der Waals surface area contributed by atoms with Gasteiger partial charge in [-0.05, 0) is 30.6 Å². The summed E-state index contributed by atoms with van der Waals surface area (Å²) in [7, 11) is 0. The van der Waals surface area contributed by atoms with Gasteiger partial charge in [0.15, 0.2) is 5.78 Å². The number of thioether (sulfide) groups is 1. The summed E-state index contributed by atoms with van der Waals surface area (Å²) in [5.74, 6) is 0.302. The molecule has 0 aliphatic heterocycles. The highest BCUT2D eigenvalue weighted by Crippen LogP contribution is 2.48. The Kier molecular flexibility index (Phi) is 3.55. The monoisotopic (exact) mass is 323 g/mol. The molecule has 0 radical (unpaired) electrons. The smallest absolute Gasteiger partial charge is 0.165 e. The van der Waals surface area contributed by atoms with Crippen LogP contribution in [0.1, 0.15) is 41.9 Å². The van der Waals surface area contributed by atoms with Crippen LogP contribution < -0.4 is 0 Å². The predicted molar refractivity (Wildman–Crippen MR) is 88.4 cm³/mol. The lowest BCUT2D eigenvalue weighted by atomic mass is 9.74. The summed E-state index contributed by atoms with van der Waals surface area (Å²) < 4.78 is 1.16. The fourth-order valence-electron chi connectivity index (χ4n) is 2.73. The molecule has 0 amide bonds. The van der Waals surface area contributed by atoms with Crippen LogP contribution >= 0.6 is 34.4 Å². The summed E-state index contributed by atoms with van der Waals surface area (Å²) in [6.07, 6.45) is 3.68. The number of fused-ring (bicyclic) bond motifs is 1. The Morgan fingerprint density at radius 2 is 2.10 bits per heavy atom. The van der Waals surface area contributed by atoms with Crippen LogP contribution in [0, 0.1) is 12.3 Å². The van der Waals surface area contributed by atoms with E-state index >= 15 is 0 Å². The number of thiophene rings is 1. The lowest BCUT2D eigenvalue weighted by Gasteiger charge is -2.29. The molecular formula is C15H17NOS3. The molecular weight excluding hydrogens is 306 g/mol. The second kappa shape index (κ2) is 4.97. The molecule has 0 bridgehead atoms. The third kappa shape index (κ3) is 2.36. The Balaban J connectivity index is 2.20. The van der Waals surface area contributed by atoms with Crippen molar-refractivity contribution in [2.45, 2.75) is 37.8 Å². The largest absolute Gasteiger partial charge is 0.294 e. The SMILES string of the molecule is CSc1sc(-c2nc(C)cs2)c2c1C(=O)CC(C)(C)C2. The Hall–Kier alpha value is -0.650. The summed E-state index contributed by atoms with van der Waals surface area (Å²) in [4.78, 5) is 18.3. The van der Waals surface area contributed by atoms with E-state index in [0.717, 1.165) is 26.9 Å². The van der Waals surface area contributed by atoms with Crippen molar-refractivity contribution in [3.05, 3.63) is 22.2 Å². The maximum atomic E-state index is 12.5. The van der Waals surface area contributed by atoms with Crippen molar-refractivity contribution in [3.8, 4) is 9.88 Å². The fraction of sp³-hybridized carbons (Fsp3) is 0.467. The minimum atomic E-state index is 0.0574. The molecule has 0 spiro atoms. The molecule has 5 heteroatoms. The summed E-state index contributed by atoms with van der Waals surface area (Å²) in [5, 5.41) is 3.14. The van der Waals surface area contributed by atoms with E-state index in [1.807, 2.05) is 6.92 Å². The van der Waals surface area contributed by atoms with Crippen molar-refractivity contribution < 1.29 is 4.79 Å². The molecule has 0 unspecified atom stereocenters. The molecule has 0 fully saturated rings. The predicted octanol–water partition coefficient (Wildman–Crippen LogP) is 5.06. The van der Waals surface area contributed by atoms with E-state index in [9.17, 15) is 4.79 Å². The van der Waals surface area contributed by atoms with Gasteiger partial charge in [-0.2, -0.15) is 0 Å². The summed E-state index contributed by atoms with van der Waals surface area (Å²) in [6.45, 7) is 6.38. The van der Waals surface area contributed by atoms with Gasteiger partial charge in [0, 0.05) is 23.1 Å². The average Bonchev–Trinajstić information content (AvgIpc) is 2.91. The van der Waals surface area contributed by atoms with Crippen molar-refractivity contribution in [2.75, 3.05) is 6.26 Å². The number of hydrogen-bond acceptors (Lipinski definition) is 5. The van der Waals surface area contributed by atoms with E-state index in [0.29, 0.717) is 12.2 Å². The molecule has 0 saturated heterocycles. The molecule has 106 valence electrons. The normalized spacial score (nSPS) is 17.3. The number of aromatic nitrogens is 1. The van der Waals surface area contributed by atoms with Crippen LogP contribution in [-0.4, -0.2) is 17.0 Å². The minimum Gasteiger partial charge on any atom is -0.294 e. The second-order valence-electron chi connectivity index (χ2n) is 6.01. The zero-order chi connectivity index (χ0) is 14.5. The number of aryl methyl sites for hydroxylation is 1. The van der Waals surface area contributed by atoms with Gasteiger partial charge in [0.1, 0.15) is 5.01 Å². The molecule has 2 nitrogen and oxygen atoms in total. The second-order valence-corrected chi connectivity index (χ2v) is 8.96. The molecule has 0 N–H and O–H groups in total. The van der Waals surface area contributed by atoms with Crippen molar-refractivity contribution in [1.82, 2.24) is 4.98 Å². The Morgan fingerprint density at radius 1 is 1.35 bits per heavy atom. The van der Waals surface area contributed by atoms with Crippen molar-refractivity contribution in [3.63, 3.8) is 0 Å². The first-order valence-corrected chi connectivity index (χ1v) is 9.49. The van der Waals surface area contributed by atoms with Gasteiger partial charge < -0.3 is 0 Å². The summed E-state index contributed by atoms with van der Waals surface area (Å²) in [5.41, 5.74) is 3.32. The molecule has 2 aromatic rings. The van der Waals surface area contributed by atoms with E-state index in [4.69, 9.17) is 0 Å². The van der Waals surface area contributed by atoms with Gasteiger partial charge in [-0.1, -0.05) is 13.8 Å². The summed E-state index contributed by atoms with van der Waals surface area (Å²) >= 11 is 5.10. The number of thiazole rings is 1. The molecule has 1 aliphatic carbocycles. The van der Waals surface area contributed by atoms with E-state index < -0.39 is 0 Å². The molecule has 1 aliphatic rings. The Labute approximate surface area is 131 Å². The number of nitrogens with zero attached hydrogens (tertiary/aromatic N) is 1. The molecule has 20 heavy (non-hydrogen) atoms. The molecule has 0 atom stereocenters. The number of ketones is 1. The quantitative estimate of drug-likeness (QED) is 0.724. The van der Waals surface area contributed by atoms with Gasteiger partial charge >= 0.3 is 0 Å². The number of Topliss-reactive ketones (excluding diaryl/α,β-unsaturated/α-hetero) is 1. The van der Waals surface area contributed by atoms with Crippen LogP contribution in [0.15, 0.2) is 9.59 Å². The van der Waals surface area contributed by atoms with Crippen LogP contribution in [0.2, 0.25) is 0 Å². The van der Waals surface area contributed by atoms with E-state index in [2.05, 4.69) is 30.5 Å². The van der Waals surface area contributed by atoms with Gasteiger partial charge in [0.2, 0.25) is 0 Å². The van der Waals surface area contributed by atoms with E-state index in [1.165, 1.54) is 10.4 Å². The lowest BCUT2D eigenvalue weighted by Crippen LogP contribution is -2.26. The highest BCUT2D eigenvalue weighted by Gasteiger charge is 2.36. The van der Waals surface area contributed by atoms with Gasteiger partial charge in [0.25, 0.3) is 0 Å². The maximum Gasteiger partial charge on any atom is 0.165 e. The van der Waals surface area contributed by atoms with E-state index in [1.54, 1.807) is 34.4 Å². The molecule has 2 heterocycles. The van der Waals surface area contributed by atoms with Gasteiger partial charge in [-0.3, -0.25) is 4.79 Å². The Morgan fingerprint density at radius 3 is 2.70 bits per heavy atom. The highest BCUT2D eigenvalue weighted by molar-refractivity contribution is 8.00. The third-order valence-electron chi connectivity index (χ3n) is 3.55. The topological polar surface area (TPSA) is 30.0 Å².